The van der Waals surface area contributed by atoms with Gasteiger partial charge in [0.25, 0.3) is 0 Å². The van der Waals surface area contributed by atoms with E-state index in [4.69, 9.17) is 8.83 Å². The van der Waals surface area contributed by atoms with Crippen LogP contribution < -0.4 is 0 Å². The van der Waals surface area contributed by atoms with Crippen LogP contribution in [-0.2, 0) is 11.3 Å². The molecule has 0 spiro atoms. The van der Waals surface area contributed by atoms with E-state index in [-0.39, 0.29) is 11.8 Å². The van der Waals surface area contributed by atoms with Crippen molar-refractivity contribution in [2.24, 2.45) is 0 Å². The lowest BCUT2D eigenvalue weighted by Crippen LogP contribution is -2.31. The van der Waals surface area contributed by atoms with Crippen molar-refractivity contribution in [2.75, 3.05) is 6.54 Å². The van der Waals surface area contributed by atoms with Crippen LogP contribution in [0, 0.1) is 6.92 Å². The minimum atomic E-state index is 0.120. The van der Waals surface area contributed by atoms with E-state index in [1.807, 2.05) is 36.1 Å². The van der Waals surface area contributed by atoms with Crippen LogP contribution in [-0.4, -0.2) is 17.4 Å². The third-order valence-corrected chi connectivity index (χ3v) is 4.64. The highest BCUT2D eigenvalue weighted by atomic mass is 16.3. The number of hydrogen-bond donors (Lipinski definition) is 0. The maximum atomic E-state index is 12.4. The zero-order chi connectivity index (χ0) is 18.4. The number of aryl methyl sites for hydroxylation is 1. The summed E-state index contributed by atoms with van der Waals surface area (Å²) in [6.07, 6.45) is 4.62. The Morgan fingerprint density at radius 3 is 2.38 bits per heavy atom. The molecule has 3 rings (SSSR count). The number of amides is 1. The average molecular weight is 351 g/mol. The summed E-state index contributed by atoms with van der Waals surface area (Å²) in [5.41, 5.74) is 2.43. The van der Waals surface area contributed by atoms with Gasteiger partial charge in [-0.2, -0.15) is 0 Å². The molecule has 2 aromatic heterocycles. The van der Waals surface area contributed by atoms with E-state index < -0.39 is 0 Å². The first kappa shape index (κ1) is 18.1. The van der Waals surface area contributed by atoms with Gasteiger partial charge < -0.3 is 13.7 Å². The predicted molar refractivity (Wildman–Crippen MR) is 101 cm³/mol. The van der Waals surface area contributed by atoms with Gasteiger partial charge in [-0.3, -0.25) is 4.79 Å². The molecule has 1 amide bonds. The Kier molecular flexibility index (Phi) is 5.95. The molecule has 0 bridgehead atoms. The predicted octanol–water partition coefficient (Wildman–Crippen LogP) is 5.14. The molecule has 4 heteroatoms. The highest BCUT2D eigenvalue weighted by Gasteiger charge is 2.21. The van der Waals surface area contributed by atoms with Gasteiger partial charge in [-0.05, 0) is 43.2 Å². The molecule has 0 fully saturated rings. The molecule has 1 aromatic carbocycles. The number of carbonyl (C=O) groups excluding carboxylic acids is 1. The Bertz CT molecular complexity index is 789. The molecule has 1 atom stereocenters. The van der Waals surface area contributed by atoms with Gasteiger partial charge in [0.2, 0.25) is 5.91 Å². The third kappa shape index (κ3) is 4.45. The second kappa shape index (κ2) is 8.56. The number of benzene rings is 1. The van der Waals surface area contributed by atoms with Crippen molar-refractivity contribution in [2.45, 2.75) is 39.2 Å². The Morgan fingerprint density at radius 2 is 1.77 bits per heavy atom. The van der Waals surface area contributed by atoms with Crippen LogP contribution in [0.2, 0.25) is 0 Å². The van der Waals surface area contributed by atoms with Crippen LogP contribution in [0.5, 0.6) is 0 Å². The number of rotatable bonds is 8. The zero-order valence-electron chi connectivity index (χ0n) is 15.4. The topological polar surface area (TPSA) is 46.6 Å². The second-order valence-electron chi connectivity index (χ2n) is 6.52. The number of hydrogen-bond acceptors (Lipinski definition) is 3. The van der Waals surface area contributed by atoms with Gasteiger partial charge in [0.05, 0.1) is 19.1 Å². The fraction of sp³-hybridized carbons (Fsp3) is 0.318. The van der Waals surface area contributed by atoms with E-state index in [1.54, 1.807) is 12.5 Å². The summed E-state index contributed by atoms with van der Waals surface area (Å²) < 4.78 is 11.1. The van der Waals surface area contributed by atoms with Gasteiger partial charge in [0.1, 0.15) is 11.5 Å². The Morgan fingerprint density at radius 1 is 1.04 bits per heavy atom. The van der Waals surface area contributed by atoms with E-state index in [2.05, 4.69) is 31.2 Å². The van der Waals surface area contributed by atoms with E-state index in [0.29, 0.717) is 19.5 Å². The van der Waals surface area contributed by atoms with E-state index in [0.717, 1.165) is 17.9 Å². The fourth-order valence-electron chi connectivity index (χ4n) is 3.15. The molecule has 4 nitrogen and oxygen atoms in total. The van der Waals surface area contributed by atoms with Gasteiger partial charge >= 0.3 is 0 Å². The second-order valence-corrected chi connectivity index (χ2v) is 6.52. The van der Waals surface area contributed by atoms with Crippen molar-refractivity contribution in [3.8, 4) is 0 Å². The molecule has 0 unspecified atom stereocenters. The number of furan rings is 2. The van der Waals surface area contributed by atoms with Crippen LogP contribution in [0.4, 0.5) is 0 Å². The third-order valence-electron chi connectivity index (χ3n) is 4.64. The number of nitrogens with zero attached hydrogens (tertiary/aromatic N) is 1. The highest BCUT2D eigenvalue weighted by Crippen LogP contribution is 2.29. The van der Waals surface area contributed by atoms with Gasteiger partial charge in [-0.25, -0.2) is 0 Å². The average Bonchev–Trinajstić information content (AvgIpc) is 3.35. The normalized spacial score (nSPS) is 12.1. The monoisotopic (exact) mass is 351 g/mol. The summed E-state index contributed by atoms with van der Waals surface area (Å²) in [4.78, 5) is 14.2. The largest absolute Gasteiger partial charge is 0.469 e. The summed E-state index contributed by atoms with van der Waals surface area (Å²) in [6.45, 7) is 5.11. The summed E-state index contributed by atoms with van der Waals surface area (Å²) in [5.74, 6) is 1.98. The van der Waals surface area contributed by atoms with Crippen molar-refractivity contribution in [1.29, 1.82) is 0 Å². The summed E-state index contributed by atoms with van der Waals surface area (Å²) in [6, 6.07) is 16.2. The van der Waals surface area contributed by atoms with Gasteiger partial charge in [0, 0.05) is 18.9 Å². The van der Waals surface area contributed by atoms with Crippen molar-refractivity contribution in [3.63, 3.8) is 0 Å². The first-order valence-electron chi connectivity index (χ1n) is 9.07. The summed E-state index contributed by atoms with van der Waals surface area (Å²) in [7, 11) is 0. The molecule has 0 aliphatic rings. The lowest BCUT2D eigenvalue weighted by atomic mass is 9.92. The molecular formula is C22H25NO3. The zero-order valence-corrected chi connectivity index (χ0v) is 15.4. The fourth-order valence-corrected chi connectivity index (χ4v) is 3.15. The first-order chi connectivity index (χ1) is 12.7. The van der Waals surface area contributed by atoms with Crippen LogP contribution >= 0.6 is 0 Å². The van der Waals surface area contributed by atoms with Gasteiger partial charge in [0.15, 0.2) is 0 Å². The minimum Gasteiger partial charge on any atom is -0.469 e. The quantitative estimate of drug-likeness (QED) is 0.564. The van der Waals surface area contributed by atoms with Crippen molar-refractivity contribution < 1.29 is 13.6 Å². The molecular weight excluding hydrogens is 326 g/mol. The van der Waals surface area contributed by atoms with Crippen LogP contribution in [0.25, 0.3) is 0 Å². The lowest BCUT2D eigenvalue weighted by molar-refractivity contribution is -0.131. The molecule has 136 valence electrons. The molecule has 0 aliphatic carbocycles. The molecule has 0 radical (unpaired) electrons. The van der Waals surface area contributed by atoms with E-state index in [9.17, 15) is 4.79 Å². The first-order valence-corrected chi connectivity index (χ1v) is 9.07. The molecule has 26 heavy (non-hydrogen) atoms. The van der Waals surface area contributed by atoms with E-state index in [1.165, 1.54) is 11.1 Å². The summed E-state index contributed by atoms with van der Waals surface area (Å²) in [5, 5.41) is 0. The minimum absolute atomic E-state index is 0.120. The van der Waals surface area contributed by atoms with Crippen molar-refractivity contribution in [1.82, 2.24) is 4.90 Å². The van der Waals surface area contributed by atoms with Crippen LogP contribution in [0.15, 0.2) is 69.9 Å². The van der Waals surface area contributed by atoms with Crippen LogP contribution in [0.1, 0.15) is 48.3 Å². The molecule has 0 saturated carbocycles. The Hall–Kier alpha value is -2.75. The lowest BCUT2D eigenvalue weighted by Gasteiger charge is -2.24. The molecule has 0 N–H and O–H groups in total. The smallest absolute Gasteiger partial charge is 0.222 e. The summed E-state index contributed by atoms with van der Waals surface area (Å²) >= 11 is 0. The maximum Gasteiger partial charge on any atom is 0.222 e. The number of carbonyl (C=O) groups is 1. The van der Waals surface area contributed by atoms with Crippen LogP contribution in [0.3, 0.4) is 0 Å². The SMILES string of the molecule is CCC(=O)N(CC[C@H](c1ccc(C)cc1)c1ccco1)Cc1ccco1. The van der Waals surface area contributed by atoms with E-state index >= 15 is 0 Å². The van der Waals surface area contributed by atoms with Crippen molar-refractivity contribution in [3.05, 3.63) is 83.7 Å². The van der Waals surface area contributed by atoms with Gasteiger partial charge in [-0.15, -0.1) is 0 Å². The molecule has 0 saturated heterocycles. The van der Waals surface area contributed by atoms with Gasteiger partial charge in [-0.1, -0.05) is 36.8 Å². The molecule has 0 aliphatic heterocycles. The maximum absolute atomic E-state index is 12.4. The Labute approximate surface area is 154 Å². The Balaban J connectivity index is 1.76. The molecule has 2 heterocycles. The molecule has 3 aromatic rings. The standard InChI is InChI=1S/C22H25NO3/c1-3-22(24)23(16-19-6-4-14-25-19)13-12-20(21-7-5-15-26-21)18-10-8-17(2)9-11-18/h4-11,14-15,20H,3,12-13,16H2,1-2H3/t20-/m1/s1. The highest BCUT2D eigenvalue weighted by molar-refractivity contribution is 5.75. The van der Waals surface area contributed by atoms with Crippen molar-refractivity contribution >= 4 is 5.91 Å².